The number of hydrogen-bond acceptors (Lipinski definition) is 4. The summed E-state index contributed by atoms with van der Waals surface area (Å²) < 4.78 is 5.31. The van der Waals surface area contributed by atoms with Crippen LogP contribution in [-0.2, 0) is 4.74 Å². The molecule has 7 nitrogen and oxygen atoms in total. The average molecular weight is 280 g/mol. The Morgan fingerprint density at radius 3 is 2.30 bits per heavy atom. The van der Waals surface area contributed by atoms with Crippen LogP contribution in [0.15, 0.2) is 12.4 Å². The molecule has 1 fully saturated rings. The Morgan fingerprint density at radius 1 is 1.20 bits per heavy atom. The number of aromatic amines is 1. The van der Waals surface area contributed by atoms with Gasteiger partial charge in [-0.1, -0.05) is 0 Å². The lowest BCUT2D eigenvalue weighted by Crippen LogP contribution is -2.51. The van der Waals surface area contributed by atoms with Gasteiger partial charge in [0.05, 0.1) is 0 Å². The van der Waals surface area contributed by atoms with E-state index in [1.165, 1.54) is 0 Å². The first-order valence-corrected chi connectivity index (χ1v) is 6.63. The van der Waals surface area contributed by atoms with Gasteiger partial charge >= 0.3 is 6.09 Å². The van der Waals surface area contributed by atoms with E-state index in [0.29, 0.717) is 32.0 Å². The summed E-state index contributed by atoms with van der Waals surface area (Å²) in [5.41, 5.74) is -0.502. The minimum absolute atomic E-state index is 0.140. The zero-order valence-electron chi connectivity index (χ0n) is 12.0. The Labute approximate surface area is 117 Å². The molecule has 2 heterocycles. The highest BCUT2D eigenvalue weighted by molar-refractivity contribution is 5.90. The van der Waals surface area contributed by atoms with Crippen LogP contribution in [0.3, 0.4) is 0 Å². The molecular formula is C13H20N4O3. The maximum atomic E-state index is 12.1. The third kappa shape index (κ3) is 3.49. The molecule has 2 amide bonds. The van der Waals surface area contributed by atoms with Crippen LogP contribution in [0.5, 0.6) is 0 Å². The Balaban J connectivity index is 1.86. The fourth-order valence-corrected chi connectivity index (χ4v) is 1.95. The number of nitrogens with one attached hydrogen (secondary N) is 1. The van der Waals surface area contributed by atoms with Crippen molar-refractivity contribution < 1.29 is 14.3 Å². The van der Waals surface area contributed by atoms with Gasteiger partial charge in [-0.3, -0.25) is 4.79 Å². The molecule has 7 heteroatoms. The Hall–Kier alpha value is -2.05. The quantitative estimate of drug-likeness (QED) is 0.835. The standard InChI is InChI=1S/C13H20N4O3/c1-13(2,3)20-12(19)17-8-6-16(7-9-17)11(18)10-14-4-5-15-10/h4-5H,6-9H2,1-3H3,(H,14,15). The molecule has 2 rings (SSSR count). The number of H-pyrrole nitrogens is 1. The lowest BCUT2D eigenvalue weighted by atomic mass is 10.2. The maximum Gasteiger partial charge on any atom is 0.410 e. The first-order chi connectivity index (χ1) is 9.37. The van der Waals surface area contributed by atoms with Gasteiger partial charge in [-0.05, 0) is 20.8 Å². The van der Waals surface area contributed by atoms with Gasteiger partial charge in [0, 0.05) is 38.6 Å². The van der Waals surface area contributed by atoms with Gasteiger partial charge in [0.15, 0.2) is 5.82 Å². The molecule has 0 unspecified atom stereocenters. The zero-order chi connectivity index (χ0) is 14.8. The second-order valence-electron chi connectivity index (χ2n) is 5.70. The van der Waals surface area contributed by atoms with Crippen LogP contribution in [0.25, 0.3) is 0 Å². The van der Waals surface area contributed by atoms with Crippen molar-refractivity contribution in [2.75, 3.05) is 26.2 Å². The van der Waals surface area contributed by atoms with Gasteiger partial charge in [0.25, 0.3) is 5.91 Å². The number of amides is 2. The van der Waals surface area contributed by atoms with Gasteiger partial charge in [0.2, 0.25) is 0 Å². The molecule has 0 spiro atoms. The molecule has 20 heavy (non-hydrogen) atoms. The van der Waals surface area contributed by atoms with Gasteiger partial charge in [-0.25, -0.2) is 9.78 Å². The van der Waals surface area contributed by atoms with Crippen LogP contribution in [-0.4, -0.2) is 63.5 Å². The number of aromatic nitrogens is 2. The van der Waals surface area contributed by atoms with E-state index in [0.717, 1.165) is 0 Å². The maximum absolute atomic E-state index is 12.1. The SMILES string of the molecule is CC(C)(C)OC(=O)N1CCN(C(=O)c2ncc[nH]2)CC1. The van der Waals surface area contributed by atoms with Crippen molar-refractivity contribution in [3.63, 3.8) is 0 Å². The van der Waals surface area contributed by atoms with Crippen LogP contribution in [0.2, 0.25) is 0 Å². The predicted molar refractivity (Wildman–Crippen MR) is 72.3 cm³/mol. The molecule has 1 aromatic heterocycles. The number of ether oxygens (including phenoxy) is 1. The highest BCUT2D eigenvalue weighted by atomic mass is 16.6. The molecule has 0 aliphatic carbocycles. The molecule has 0 atom stereocenters. The largest absolute Gasteiger partial charge is 0.444 e. The van der Waals surface area contributed by atoms with Gasteiger partial charge in [0.1, 0.15) is 5.60 Å². The smallest absolute Gasteiger partial charge is 0.410 e. The van der Waals surface area contributed by atoms with Gasteiger partial charge < -0.3 is 19.5 Å². The van der Waals surface area contributed by atoms with Crippen LogP contribution in [0.1, 0.15) is 31.4 Å². The summed E-state index contributed by atoms with van der Waals surface area (Å²) in [5, 5.41) is 0. The first kappa shape index (κ1) is 14.4. The van der Waals surface area contributed by atoms with Crippen LogP contribution in [0, 0.1) is 0 Å². The lowest BCUT2D eigenvalue weighted by Gasteiger charge is -2.35. The van der Waals surface area contributed by atoms with Gasteiger partial charge in [-0.2, -0.15) is 0 Å². The second kappa shape index (κ2) is 5.52. The summed E-state index contributed by atoms with van der Waals surface area (Å²) in [4.78, 5) is 34.0. The molecule has 0 radical (unpaired) electrons. The van der Waals surface area contributed by atoms with Gasteiger partial charge in [-0.15, -0.1) is 0 Å². The molecular weight excluding hydrogens is 260 g/mol. The Morgan fingerprint density at radius 2 is 1.80 bits per heavy atom. The molecule has 0 aromatic carbocycles. The van der Waals surface area contributed by atoms with Crippen LogP contribution in [0.4, 0.5) is 4.79 Å². The summed E-state index contributed by atoms with van der Waals surface area (Å²) in [5.74, 6) is 0.189. The van der Waals surface area contributed by atoms with Crippen molar-refractivity contribution in [1.29, 1.82) is 0 Å². The van der Waals surface area contributed by atoms with Crippen molar-refractivity contribution >= 4 is 12.0 Å². The van der Waals surface area contributed by atoms with Crippen LogP contribution < -0.4 is 0 Å². The molecule has 1 aromatic rings. The van der Waals surface area contributed by atoms with Crippen molar-refractivity contribution in [3.8, 4) is 0 Å². The number of piperazine rings is 1. The minimum atomic E-state index is -0.502. The highest BCUT2D eigenvalue weighted by Crippen LogP contribution is 2.12. The summed E-state index contributed by atoms with van der Waals surface area (Å²) in [7, 11) is 0. The number of nitrogens with zero attached hydrogens (tertiary/aromatic N) is 3. The number of imidazole rings is 1. The van der Waals surface area contributed by atoms with E-state index in [1.54, 1.807) is 22.2 Å². The monoisotopic (exact) mass is 280 g/mol. The lowest BCUT2D eigenvalue weighted by molar-refractivity contribution is 0.0139. The first-order valence-electron chi connectivity index (χ1n) is 6.63. The molecule has 1 aliphatic heterocycles. The number of carbonyl (C=O) groups is 2. The van der Waals surface area contributed by atoms with E-state index in [4.69, 9.17) is 4.74 Å². The molecule has 1 aliphatic rings. The van der Waals surface area contributed by atoms with Crippen molar-refractivity contribution in [2.24, 2.45) is 0 Å². The Bertz CT molecular complexity index is 470. The van der Waals surface area contributed by atoms with Crippen LogP contribution >= 0.6 is 0 Å². The molecule has 1 saturated heterocycles. The van der Waals surface area contributed by atoms with Crippen molar-refractivity contribution in [3.05, 3.63) is 18.2 Å². The van der Waals surface area contributed by atoms with E-state index in [9.17, 15) is 9.59 Å². The van der Waals surface area contributed by atoms with E-state index < -0.39 is 5.60 Å². The third-order valence-electron chi connectivity index (χ3n) is 2.92. The topological polar surface area (TPSA) is 78.5 Å². The normalized spacial score (nSPS) is 16.1. The third-order valence-corrected chi connectivity index (χ3v) is 2.92. The molecule has 0 saturated carbocycles. The van der Waals surface area contributed by atoms with E-state index >= 15 is 0 Å². The fraction of sp³-hybridized carbons (Fsp3) is 0.615. The minimum Gasteiger partial charge on any atom is -0.444 e. The fourth-order valence-electron chi connectivity index (χ4n) is 1.95. The Kier molecular flexibility index (Phi) is 3.96. The average Bonchev–Trinajstić information content (AvgIpc) is 2.90. The second-order valence-corrected chi connectivity index (χ2v) is 5.70. The highest BCUT2D eigenvalue weighted by Gasteiger charge is 2.28. The predicted octanol–water partition coefficient (Wildman–Crippen LogP) is 1.10. The number of hydrogen-bond donors (Lipinski definition) is 1. The van der Waals surface area contributed by atoms with Crippen molar-refractivity contribution in [2.45, 2.75) is 26.4 Å². The molecule has 110 valence electrons. The molecule has 1 N–H and O–H groups in total. The summed E-state index contributed by atoms with van der Waals surface area (Å²) in [6.07, 6.45) is 2.83. The zero-order valence-corrected chi connectivity index (χ0v) is 12.0. The van der Waals surface area contributed by atoms with Crippen molar-refractivity contribution in [1.82, 2.24) is 19.8 Å². The van der Waals surface area contributed by atoms with E-state index in [-0.39, 0.29) is 12.0 Å². The molecule has 0 bridgehead atoms. The number of carbonyl (C=O) groups excluding carboxylic acids is 2. The summed E-state index contributed by atoms with van der Waals surface area (Å²) in [6.45, 7) is 7.42. The van der Waals surface area contributed by atoms with E-state index in [1.807, 2.05) is 20.8 Å². The summed E-state index contributed by atoms with van der Waals surface area (Å²) >= 11 is 0. The summed E-state index contributed by atoms with van der Waals surface area (Å²) in [6, 6.07) is 0. The van der Waals surface area contributed by atoms with E-state index in [2.05, 4.69) is 9.97 Å². The number of rotatable bonds is 1.